The number of amides is 1. The second kappa shape index (κ2) is 10.2. The highest BCUT2D eigenvalue weighted by atomic mass is 127. The Morgan fingerprint density at radius 1 is 1.36 bits per heavy atom. The second-order valence-electron chi connectivity index (χ2n) is 6.78. The number of hydrogen-bond acceptors (Lipinski definition) is 6. The zero-order valence-corrected chi connectivity index (χ0v) is 19.4. The molecule has 1 aromatic heterocycles. The zero-order chi connectivity index (χ0) is 19.9. The van der Waals surface area contributed by atoms with Gasteiger partial charge in [0.2, 0.25) is 11.9 Å². The minimum atomic E-state index is 0.250. The third kappa shape index (κ3) is 5.69. The fraction of sp³-hybridized carbons (Fsp3) is 0.421. The van der Waals surface area contributed by atoms with Crippen LogP contribution in [-0.2, 0) is 4.79 Å². The molecular weight excluding hydrogens is 537 g/mol. The third-order valence-corrected chi connectivity index (χ3v) is 5.83. The lowest BCUT2D eigenvalue weighted by Crippen LogP contribution is -2.37. The summed E-state index contributed by atoms with van der Waals surface area (Å²) in [5, 5.41) is 6.49. The average Bonchev–Trinajstić information content (AvgIpc) is 2.66. The molecule has 150 valence electrons. The molecule has 0 atom stereocenters. The molecule has 0 radical (unpaired) electrons. The van der Waals surface area contributed by atoms with E-state index in [2.05, 4.69) is 36.5 Å². The largest absolute Gasteiger partial charge is 0.428 e. The van der Waals surface area contributed by atoms with Gasteiger partial charge in [-0.2, -0.15) is 4.98 Å². The van der Waals surface area contributed by atoms with Gasteiger partial charge in [0.15, 0.2) is 23.0 Å². The molecule has 1 heterocycles. The molecule has 0 spiro atoms. The topological polar surface area (TPSA) is 79.4 Å². The zero-order valence-electron chi connectivity index (χ0n) is 15.6. The summed E-state index contributed by atoms with van der Waals surface area (Å²) in [6.45, 7) is 1.46. The van der Waals surface area contributed by atoms with E-state index in [1.807, 2.05) is 59.2 Å². The Bertz CT molecular complexity index is 801. The van der Waals surface area contributed by atoms with Crippen molar-refractivity contribution < 1.29 is 7.86 Å². The molecule has 0 bridgehead atoms. The fourth-order valence-electron chi connectivity index (χ4n) is 2.87. The highest BCUT2D eigenvalue weighted by Crippen LogP contribution is 2.28. The first-order valence-corrected chi connectivity index (χ1v) is 10.9. The highest BCUT2D eigenvalue weighted by molar-refractivity contribution is 14.1. The van der Waals surface area contributed by atoms with Gasteiger partial charge < -0.3 is 18.6 Å². The van der Waals surface area contributed by atoms with Crippen molar-refractivity contribution in [3.8, 4) is 5.75 Å². The number of carbonyl (C=O) groups is 1. The number of rotatable bonds is 9. The lowest BCUT2D eigenvalue weighted by molar-refractivity contribution is -0.136. The Morgan fingerprint density at radius 2 is 2.11 bits per heavy atom. The van der Waals surface area contributed by atoms with E-state index >= 15 is 0 Å². The summed E-state index contributed by atoms with van der Waals surface area (Å²) in [6.07, 6.45) is 5.83. The average molecular weight is 560 g/mol. The summed E-state index contributed by atoms with van der Waals surface area (Å²) in [6, 6.07) is 7.55. The summed E-state index contributed by atoms with van der Waals surface area (Å²) in [4.78, 5) is 22.8. The number of nitrogens with zero attached hydrogens (tertiary/aromatic N) is 3. The second-order valence-corrected chi connectivity index (χ2v) is 8.08. The Labute approximate surface area is 187 Å². The van der Waals surface area contributed by atoms with Crippen LogP contribution >= 0.6 is 38.9 Å². The van der Waals surface area contributed by atoms with Gasteiger partial charge in [-0.25, -0.2) is 4.98 Å². The Morgan fingerprint density at radius 3 is 2.75 bits per heavy atom. The monoisotopic (exact) mass is 559 g/mol. The van der Waals surface area contributed by atoms with E-state index < -0.39 is 0 Å². The predicted octanol–water partition coefficient (Wildman–Crippen LogP) is 4.77. The van der Waals surface area contributed by atoms with Gasteiger partial charge in [-0.15, -0.1) is 0 Å². The smallest absolute Gasteiger partial charge is 0.229 e. The number of benzene rings is 1. The molecule has 9 heteroatoms. The molecule has 0 saturated heterocycles. The van der Waals surface area contributed by atoms with Gasteiger partial charge in [0.1, 0.15) is 11.6 Å². The van der Waals surface area contributed by atoms with E-state index in [0.29, 0.717) is 5.95 Å². The molecule has 0 aliphatic heterocycles. The molecule has 0 unspecified atom stereocenters. The summed E-state index contributed by atoms with van der Waals surface area (Å²) >= 11 is 5.33. The van der Waals surface area contributed by atoms with Crippen molar-refractivity contribution in [2.45, 2.75) is 25.7 Å². The molecule has 28 heavy (non-hydrogen) atoms. The number of nitrogens with one attached hydrogen (secondary N) is 2. The number of carbonyl (C=O) groups excluding carboxylic acids is 1. The minimum Gasteiger partial charge on any atom is -0.428 e. The van der Waals surface area contributed by atoms with Crippen LogP contribution in [0.4, 0.5) is 17.5 Å². The van der Waals surface area contributed by atoms with Crippen molar-refractivity contribution >= 4 is 62.3 Å². The highest BCUT2D eigenvalue weighted by Gasteiger charge is 2.27. The first-order valence-electron chi connectivity index (χ1n) is 9.24. The maximum atomic E-state index is 12.2. The lowest BCUT2D eigenvalue weighted by atomic mass is 9.84. The Balaban J connectivity index is 1.49. The molecule has 3 rings (SSSR count). The van der Waals surface area contributed by atoms with Crippen LogP contribution in [0.5, 0.6) is 5.75 Å². The lowest BCUT2D eigenvalue weighted by Gasteiger charge is -2.29. The maximum Gasteiger partial charge on any atom is 0.229 e. The minimum absolute atomic E-state index is 0.250. The van der Waals surface area contributed by atoms with E-state index in [9.17, 15) is 4.79 Å². The first-order chi connectivity index (χ1) is 13.6. The molecule has 1 aliphatic carbocycles. The van der Waals surface area contributed by atoms with Crippen LogP contribution in [0.3, 0.4) is 0 Å². The van der Waals surface area contributed by atoms with Gasteiger partial charge in [0.05, 0.1) is 4.47 Å². The molecular formula is C19H23BrIN5O2. The van der Waals surface area contributed by atoms with Crippen LogP contribution < -0.4 is 13.7 Å². The number of hydrogen-bond donors (Lipinski definition) is 2. The Hall–Kier alpha value is -1.62. The molecule has 1 saturated carbocycles. The van der Waals surface area contributed by atoms with Crippen LogP contribution in [0.2, 0.25) is 0 Å². The quantitative estimate of drug-likeness (QED) is 0.340. The van der Waals surface area contributed by atoms with Crippen LogP contribution in [0.15, 0.2) is 34.9 Å². The SMILES string of the molecule is CN(CCCNc1nc(Nc2ccc(OI)cc2)ncc1Br)C(=O)C1CCC1. The van der Waals surface area contributed by atoms with Crippen LogP contribution in [0, 0.1) is 5.92 Å². The number of aromatic nitrogens is 2. The van der Waals surface area contributed by atoms with Gasteiger partial charge in [-0.3, -0.25) is 4.79 Å². The van der Waals surface area contributed by atoms with Crippen molar-refractivity contribution in [3.05, 3.63) is 34.9 Å². The van der Waals surface area contributed by atoms with Gasteiger partial charge in [-0.05, 0) is 59.5 Å². The molecule has 2 aromatic rings. The van der Waals surface area contributed by atoms with Crippen molar-refractivity contribution in [3.63, 3.8) is 0 Å². The molecule has 1 amide bonds. The van der Waals surface area contributed by atoms with Crippen LogP contribution in [0.25, 0.3) is 0 Å². The molecule has 7 nitrogen and oxygen atoms in total. The van der Waals surface area contributed by atoms with E-state index in [-0.39, 0.29) is 11.8 Å². The van der Waals surface area contributed by atoms with Crippen molar-refractivity contribution in [1.82, 2.24) is 14.9 Å². The fourth-order valence-corrected chi connectivity index (χ4v) is 3.50. The normalized spacial score (nSPS) is 13.5. The number of halogens is 2. The summed E-state index contributed by atoms with van der Waals surface area (Å²) in [5.41, 5.74) is 0.876. The van der Waals surface area contributed by atoms with Crippen molar-refractivity contribution in [2.24, 2.45) is 5.92 Å². The van der Waals surface area contributed by atoms with E-state index in [4.69, 9.17) is 3.07 Å². The van der Waals surface area contributed by atoms with E-state index in [1.165, 1.54) is 6.42 Å². The van der Waals surface area contributed by atoms with Crippen molar-refractivity contribution in [2.75, 3.05) is 30.8 Å². The molecule has 2 N–H and O–H groups in total. The maximum absolute atomic E-state index is 12.2. The number of anilines is 3. The van der Waals surface area contributed by atoms with Gasteiger partial charge in [0, 0.05) is 37.9 Å². The molecule has 1 aliphatic rings. The molecule has 1 aromatic carbocycles. The van der Waals surface area contributed by atoms with Gasteiger partial charge in [-0.1, -0.05) is 6.42 Å². The summed E-state index contributed by atoms with van der Waals surface area (Å²) < 4.78 is 5.93. The van der Waals surface area contributed by atoms with E-state index in [1.54, 1.807) is 6.20 Å². The van der Waals surface area contributed by atoms with E-state index in [0.717, 1.165) is 54.1 Å². The summed E-state index contributed by atoms with van der Waals surface area (Å²) in [5.74, 6) is 2.54. The third-order valence-electron chi connectivity index (χ3n) is 4.74. The van der Waals surface area contributed by atoms with Gasteiger partial charge >= 0.3 is 0 Å². The molecule has 1 fully saturated rings. The van der Waals surface area contributed by atoms with Crippen LogP contribution in [-0.4, -0.2) is 40.9 Å². The standard InChI is InChI=1S/C19H23BrIN5O2/c1-26(18(27)13-4-2-5-13)11-3-10-22-17-16(20)12-23-19(25-17)24-14-6-8-15(28-21)9-7-14/h6-9,12-13H,2-5,10-11H2,1H3,(H2,22,23,24,25). The van der Waals surface area contributed by atoms with Crippen LogP contribution in [0.1, 0.15) is 25.7 Å². The summed E-state index contributed by atoms with van der Waals surface area (Å²) in [7, 11) is 1.89. The first kappa shape index (κ1) is 21.1. The van der Waals surface area contributed by atoms with Crippen molar-refractivity contribution in [1.29, 1.82) is 0 Å². The van der Waals surface area contributed by atoms with Gasteiger partial charge in [0.25, 0.3) is 0 Å². The Kier molecular flexibility index (Phi) is 7.72. The predicted molar refractivity (Wildman–Crippen MR) is 122 cm³/mol.